The molecular formula is C33H44N2O4. The van der Waals surface area contributed by atoms with Crippen LogP contribution in [0.25, 0.3) is 0 Å². The first kappa shape index (κ1) is 27.7. The molecule has 6 nitrogen and oxygen atoms in total. The molecule has 1 saturated heterocycles. The van der Waals surface area contributed by atoms with Gasteiger partial charge in [-0.2, -0.15) is 0 Å². The number of piperidine rings is 1. The molecule has 3 unspecified atom stereocenters. The van der Waals surface area contributed by atoms with Crippen LogP contribution in [0.3, 0.4) is 0 Å². The summed E-state index contributed by atoms with van der Waals surface area (Å²) in [6.07, 6.45) is 5.77. The molecule has 2 saturated carbocycles. The van der Waals surface area contributed by atoms with Gasteiger partial charge in [0, 0.05) is 43.6 Å². The lowest BCUT2D eigenvalue weighted by atomic mass is 9.54. The molecule has 3 fully saturated rings. The van der Waals surface area contributed by atoms with Crippen LogP contribution in [0.4, 0.5) is 0 Å². The van der Waals surface area contributed by atoms with E-state index in [4.69, 9.17) is 9.47 Å². The van der Waals surface area contributed by atoms with Gasteiger partial charge in [0.15, 0.2) is 0 Å². The topological polar surface area (TPSA) is 59.1 Å². The van der Waals surface area contributed by atoms with E-state index in [1.165, 1.54) is 12.8 Å². The first-order chi connectivity index (χ1) is 18.7. The molecule has 0 N–H and O–H groups in total. The Morgan fingerprint density at radius 2 is 1.82 bits per heavy atom. The molecule has 1 amide bonds. The lowest BCUT2D eigenvalue weighted by Crippen LogP contribution is -2.69. The molecule has 2 aromatic rings. The van der Waals surface area contributed by atoms with Crippen LogP contribution in [0, 0.1) is 11.8 Å². The Balaban J connectivity index is 1.57. The van der Waals surface area contributed by atoms with Crippen molar-refractivity contribution in [1.29, 1.82) is 0 Å². The fourth-order valence-corrected chi connectivity index (χ4v) is 7.21. The third-order valence-corrected chi connectivity index (χ3v) is 9.13. The number of carbonyl (C=O) groups excluding carboxylic acids is 2. The SMILES string of the molecule is COc1cccc(C23CCN(CC4CC4)CC2(OC(C)=O)CCC(N(CC(C)C)C(=O)c2ccccc2)C3)c1. The van der Waals surface area contributed by atoms with Crippen molar-refractivity contribution in [2.24, 2.45) is 11.8 Å². The van der Waals surface area contributed by atoms with E-state index in [-0.39, 0.29) is 17.9 Å². The molecular weight excluding hydrogens is 488 g/mol. The fourth-order valence-electron chi connectivity index (χ4n) is 7.21. The van der Waals surface area contributed by atoms with Gasteiger partial charge in [0.2, 0.25) is 0 Å². The number of likely N-dealkylation sites (tertiary alicyclic amines) is 1. The fraction of sp³-hybridized carbons (Fsp3) is 0.576. The number of amides is 1. The van der Waals surface area contributed by atoms with Gasteiger partial charge >= 0.3 is 5.97 Å². The summed E-state index contributed by atoms with van der Waals surface area (Å²) >= 11 is 0. The van der Waals surface area contributed by atoms with E-state index >= 15 is 0 Å². The van der Waals surface area contributed by atoms with Crippen molar-refractivity contribution >= 4 is 11.9 Å². The quantitative estimate of drug-likeness (QED) is 0.388. The molecule has 39 heavy (non-hydrogen) atoms. The lowest BCUT2D eigenvalue weighted by molar-refractivity contribution is -0.189. The van der Waals surface area contributed by atoms with E-state index in [0.29, 0.717) is 12.5 Å². The molecule has 0 radical (unpaired) electrons. The Labute approximate surface area is 233 Å². The maximum atomic E-state index is 13.9. The third-order valence-electron chi connectivity index (χ3n) is 9.13. The molecule has 3 aliphatic rings. The van der Waals surface area contributed by atoms with Crippen LogP contribution >= 0.6 is 0 Å². The van der Waals surface area contributed by atoms with Gasteiger partial charge in [-0.3, -0.25) is 14.5 Å². The average molecular weight is 533 g/mol. The van der Waals surface area contributed by atoms with Crippen LogP contribution in [0.1, 0.15) is 75.2 Å². The van der Waals surface area contributed by atoms with E-state index in [0.717, 1.165) is 68.1 Å². The monoisotopic (exact) mass is 532 g/mol. The smallest absolute Gasteiger partial charge is 0.303 e. The Hall–Kier alpha value is -2.86. The molecule has 1 heterocycles. The van der Waals surface area contributed by atoms with Gasteiger partial charge in [0.25, 0.3) is 5.91 Å². The summed E-state index contributed by atoms with van der Waals surface area (Å²) in [4.78, 5) is 31.3. The number of esters is 1. The van der Waals surface area contributed by atoms with Gasteiger partial charge < -0.3 is 14.4 Å². The van der Waals surface area contributed by atoms with Gasteiger partial charge in [0.05, 0.1) is 7.11 Å². The predicted octanol–water partition coefficient (Wildman–Crippen LogP) is 5.70. The highest BCUT2D eigenvalue weighted by atomic mass is 16.6. The van der Waals surface area contributed by atoms with E-state index in [1.54, 1.807) is 14.0 Å². The second-order valence-corrected chi connectivity index (χ2v) is 12.4. The van der Waals surface area contributed by atoms with Gasteiger partial charge in [-0.25, -0.2) is 0 Å². The van der Waals surface area contributed by atoms with E-state index in [9.17, 15) is 9.59 Å². The Morgan fingerprint density at radius 1 is 1.05 bits per heavy atom. The zero-order chi connectivity index (χ0) is 27.6. The zero-order valence-electron chi connectivity index (χ0n) is 24.0. The summed E-state index contributed by atoms with van der Waals surface area (Å²) in [7, 11) is 1.70. The lowest BCUT2D eigenvalue weighted by Gasteiger charge is -2.60. The summed E-state index contributed by atoms with van der Waals surface area (Å²) in [5.74, 6) is 1.77. The molecule has 0 aromatic heterocycles. The molecule has 1 aliphatic heterocycles. The van der Waals surface area contributed by atoms with Crippen molar-refractivity contribution in [2.75, 3.05) is 33.3 Å². The minimum absolute atomic E-state index is 0.0463. The number of methoxy groups -OCH3 is 1. The molecule has 2 aromatic carbocycles. The van der Waals surface area contributed by atoms with Crippen molar-refractivity contribution in [2.45, 2.75) is 76.4 Å². The van der Waals surface area contributed by atoms with Crippen molar-refractivity contribution < 1.29 is 19.1 Å². The summed E-state index contributed by atoms with van der Waals surface area (Å²) < 4.78 is 12.1. The molecule has 2 aliphatic carbocycles. The first-order valence-corrected chi connectivity index (χ1v) is 14.7. The number of fused-ring (bicyclic) bond motifs is 1. The van der Waals surface area contributed by atoms with Crippen molar-refractivity contribution in [3.05, 3.63) is 65.7 Å². The first-order valence-electron chi connectivity index (χ1n) is 14.7. The van der Waals surface area contributed by atoms with Crippen molar-refractivity contribution in [3.63, 3.8) is 0 Å². The molecule has 6 heteroatoms. The zero-order valence-corrected chi connectivity index (χ0v) is 24.0. The molecule has 0 spiro atoms. The van der Waals surface area contributed by atoms with Crippen molar-refractivity contribution in [1.82, 2.24) is 9.80 Å². The molecule has 210 valence electrons. The van der Waals surface area contributed by atoms with E-state index < -0.39 is 11.0 Å². The largest absolute Gasteiger partial charge is 0.497 e. The van der Waals surface area contributed by atoms with Crippen LogP contribution in [0.5, 0.6) is 5.75 Å². The maximum Gasteiger partial charge on any atom is 0.303 e. The Bertz CT molecular complexity index is 1160. The minimum Gasteiger partial charge on any atom is -0.497 e. The van der Waals surface area contributed by atoms with Crippen LogP contribution in [0.2, 0.25) is 0 Å². The maximum absolute atomic E-state index is 13.9. The summed E-state index contributed by atoms with van der Waals surface area (Å²) in [5, 5.41) is 0. The predicted molar refractivity (Wildman–Crippen MR) is 153 cm³/mol. The summed E-state index contributed by atoms with van der Waals surface area (Å²) in [6.45, 7) is 9.36. The highest BCUT2D eigenvalue weighted by molar-refractivity contribution is 5.94. The number of nitrogens with zero attached hydrogens (tertiary/aromatic N) is 2. The van der Waals surface area contributed by atoms with Crippen LogP contribution < -0.4 is 4.74 Å². The van der Waals surface area contributed by atoms with Gasteiger partial charge in [0.1, 0.15) is 11.4 Å². The summed E-state index contributed by atoms with van der Waals surface area (Å²) in [6, 6.07) is 18.0. The Kier molecular flexibility index (Phi) is 8.04. The van der Waals surface area contributed by atoms with Crippen molar-refractivity contribution in [3.8, 4) is 5.75 Å². The number of hydrogen-bond donors (Lipinski definition) is 0. The van der Waals surface area contributed by atoms with E-state index in [1.807, 2.05) is 42.5 Å². The molecule has 3 atom stereocenters. The number of benzene rings is 2. The highest BCUT2D eigenvalue weighted by Crippen LogP contribution is 2.55. The number of ether oxygens (including phenoxy) is 2. The number of hydrogen-bond acceptors (Lipinski definition) is 5. The second-order valence-electron chi connectivity index (χ2n) is 12.4. The molecule has 5 rings (SSSR count). The Morgan fingerprint density at radius 3 is 2.49 bits per heavy atom. The van der Waals surface area contributed by atoms with Crippen LogP contribution in [-0.4, -0.2) is 66.6 Å². The van der Waals surface area contributed by atoms with Gasteiger partial charge in [-0.1, -0.05) is 44.2 Å². The number of carbonyl (C=O) groups is 2. The van der Waals surface area contributed by atoms with E-state index in [2.05, 4.69) is 35.8 Å². The summed E-state index contributed by atoms with van der Waals surface area (Å²) in [5.41, 5.74) is 0.816. The van der Waals surface area contributed by atoms with Crippen LogP contribution in [0.15, 0.2) is 54.6 Å². The van der Waals surface area contributed by atoms with Gasteiger partial charge in [-0.05, 0) is 86.7 Å². The minimum atomic E-state index is -0.645. The third kappa shape index (κ3) is 5.72. The highest BCUT2D eigenvalue weighted by Gasteiger charge is 2.61. The average Bonchev–Trinajstić information content (AvgIpc) is 3.75. The molecule has 0 bridgehead atoms. The van der Waals surface area contributed by atoms with Crippen LogP contribution in [-0.2, 0) is 14.9 Å². The standard InChI is InChI=1S/C33H44N2O4/c1-24(2)21-35(31(37)27-9-6-5-7-10-27)29-15-16-33(39-25(3)36)23-34(22-26-13-14-26)18-17-32(33,20-29)28-11-8-12-30(19-28)38-4/h5-12,19,24,26,29H,13-18,20-23H2,1-4H3. The normalized spacial score (nSPS) is 27.1. The number of rotatable bonds is 9. The van der Waals surface area contributed by atoms with Gasteiger partial charge in [-0.15, -0.1) is 0 Å². The second kappa shape index (κ2) is 11.3.